The van der Waals surface area contributed by atoms with Crippen LogP contribution in [0.1, 0.15) is 21.8 Å². The Labute approximate surface area is 184 Å². The molecule has 1 fully saturated rings. The van der Waals surface area contributed by atoms with E-state index >= 15 is 0 Å². The predicted octanol–water partition coefficient (Wildman–Crippen LogP) is 3.33. The number of aromatic nitrogens is 5. The van der Waals surface area contributed by atoms with E-state index in [0.717, 1.165) is 66.1 Å². The van der Waals surface area contributed by atoms with E-state index in [0.29, 0.717) is 6.54 Å². The van der Waals surface area contributed by atoms with Crippen molar-refractivity contribution in [3.8, 4) is 5.82 Å². The summed E-state index contributed by atoms with van der Waals surface area (Å²) >= 11 is 1.73. The van der Waals surface area contributed by atoms with E-state index < -0.39 is 0 Å². The molecule has 4 aromatic heterocycles. The van der Waals surface area contributed by atoms with E-state index in [9.17, 15) is 0 Å². The lowest BCUT2D eigenvalue weighted by molar-refractivity contribution is 0.0331. The number of fused-ring (bicyclic) bond motifs is 1. The maximum Gasteiger partial charge on any atom is 0.153 e. The van der Waals surface area contributed by atoms with Crippen molar-refractivity contribution in [2.45, 2.75) is 26.9 Å². The van der Waals surface area contributed by atoms with E-state index in [1.807, 2.05) is 24.5 Å². The Morgan fingerprint density at radius 2 is 2.03 bits per heavy atom. The van der Waals surface area contributed by atoms with E-state index in [2.05, 4.69) is 40.2 Å². The van der Waals surface area contributed by atoms with Gasteiger partial charge in [-0.15, -0.1) is 11.3 Å². The van der Waals surface area contributed by atoms with Crippen LogP contribution in [0.15, 0.2) is 36.8 Å². The standard InChI is InChI=1S/C22H25N7OS/c1-15-16(2)31-22-20(15)21(26-18(27-22)14-28-8-10-30-11-9-28)24-13-17-4-5-19(23-12-17)29-7-3-6-25-29/h3-7,12H,8-11,13-14H2,1-2H3,(H,24,26,27). The molecule has 0 bridgehead atoms. The third-order valence-corrected chi connectivity index (χ3v) is 6.65. The highest BCUT2D eigenvalue weighted by Crippen LogP contribution is 2.33. The van der Waals surface area contributed by atoms with Gasteiger partial charge in [0.05, 0.1) is 25.1 Å². The zero-order valence-electron chi connectivity index (χ0n) is 17.7. The van der Waals surface area contributed by atoms with Gasteiger partial charge in [-0.05, 0) is 37.1 Å². The maximum absolute atomic E-state index is 5.47. The Morgan fingerprint density at radius 1 is 1.16 bits per heavy atom. The number of pyridine rings is 1. The van der Waals surface area contributed by atoms with E-state index in [-0.39, 0.29) is 0 Å². The second kappa shape index (κ2) is 8.70. The molecular formula is C22H25N7OS. The number of hydrogen-bond acceptors (Lipinski definition) is 8. The Hall–Kier alpha value is -2.88. The zero-order chi connectivity index (χ0) is 21.2. The third-order valence-electron chi connectivity index (χ3n) is 5.55. The lowest BCUT2D eigenvalue weighted by atomic mass is 10.2. The van der Waals surface area contributed by atoms with Crippen molar-refractivity contribution in [3.05, 3.63) is 58.6 Å². The van der Waals surface area contributed by atoms with Gasteiger partial charge in [0.2, 0.25) is 0 Å². The van der Waals surface area contributed by atoms with Crippen LogP contribution in [0.25, 0.3) is 16.0 Å². The van der Waals surface area contributed by atoms with Crippen molar-refractivity contribution in [2.24, 2.45) is 0 Å². The van der Waals surface area contributed by atoms with E-state index in [1.54, 1.807) is 22.2 Å². The Kier molecular flexibility index (Phi) is 5.63. The molecule has 5 rings (SSSR count). The van der Waals surface area contributed by atoms with Gasteiger partial charge in [0.25, 0.3) is 0 Å². The van der Waals surface area contributed by atoms with Gasteiger partial charge in [-0.1, -0.05) is 6.07 Å². The molecule has 5 heterocycles. The molecule has 0 aliphatic carbocycles. The molecule has 0 unspecified atom stereocenters. The molecule has 0 aromatic carbocycles. The number of hydrogen-bond donors (Lipinski definition) is 1. The van der Waals surface area contributed by atoms with Crippen molar-refractivity contribution in [1.82, 2.24) is 29.6 Å². The molecule has 8 nitrogen and oxygen atoms in total. The summed E-state index contributed by atoms with van der Waals surface area (Å²) in [5, 5.41) is 8.88. The van der Waals surface area contributed by atoms with E-state index in [1.165, 1.54) is 10.4 Å². The summed E-state index contributed by atoms with van der Waals surface area (Å²) in [4.78, 5) is 19.0. The molecule has 0 radical (unpaired) electrons. The van der Waals surface area contributed by atoms with Crippen LogP contribution >= 0.6 is 11.3 Å². The quantitative estimate of drug-likeness (QED) is 0.497. The van der Waals surface area contributed by atoms with Crippen LogP contribution in [0.4, 0.5) is 5.82 Å². The summed E-state index contributed by atoms with van der Waals surface area (Å²) in [7, 11) is 0. The Balaban J connectivity index is 1.38. The minimum Gasteiger partial charge on any atom is -0.379 e. The Bertz CT molecular complexity index is 1170. The maximum atomic E-state index is 5.47. The summed E-state index contributed by atoms with van der Waals surface area (Å²) in [5.74, 6) is 2.55. The highest BCUT2D eigenvalue weighted by molar-refractivity contribution is 7.18. The second-order valence-electron chi connectivity index (χ2n) is 7.67. The first kappa shape index (κ1) is 20.0. The summed E-state index contributed by atoms with van der Waals surface area (Å²) in [6, 6.07) is 5.93. The average molecular weight is 436 g/mol. The van der Waals surface area contributed by atoms with Crippen LogP contribution < -0.4 is 5.32 Å². The molecular weight excluding hydrogens is 410 g/mol. The van der Waals surface area contributed by atoms with Crippen LogP contribution in [0.2, 0.25) is 0 Å². The molecule has 1 N–H and O–H groups in total. The number of morpholine rings is 1. The van der Waals surface area contributed by atoms with Gasteiger partial charge in [-0.2, -0.15) is 5.10 Å². The van der Waals surface area contributed by atoms with Gasteiger partial charge in [-0.25, -0.2) is 19.6 Å². The molecule has 0 atom stereocenters. The number of aryl methyl sites for hydroxylation is 2. The molecule has 1 saturated heterocycles. The third kappa shape index (κ3) is 4.30. The first-order valence-corrected chi connectivity index (χ1v) is 11.2. The highest BCUT2D eigenvalue weighted by atomic mass is 32.1. The smallest absolute Gasteiger partial charge is 0.153 e. The van der Waals surface area contributed by atoms with E-state index in [4.69, 9.17) is 14.7 Å². The van der Waals surface area contributed by atoms with Crippen LogP contribution in [0, 0.1) is 13.8 Å². The van der Waals surface area contributed by atoms with Gasteiger partial charge < -0.3 is 10.1 Å². The molecule has 9 heteroatoms. The average Bonchev–Trinajstić information content (AvgIpc) is 3.42. The molecule has 31 heavy (non-hydrogen) atoms. The minimum atomic E-state index is 0.643. The number of nitrogens with zero attached hydrogens (tertiary/aromatic N) is 6. The number of nitrogens with one attached hydrogen (secondary N) is 1. The fraction of sp³-hybridized carbons (Fsp3) is 0.364. The molecule has 1 aliphatic rings. The first-order chi connectivity index (χ1) is 15.2. The predicted molar refractivity (Wildman–Crippen MR) is 122 cm³/mol. The summed E-state index contributed by atoms with van der Waals surface area (Å²) < 4.78 is 7.22. The monoisotopic (exact) mass is 435 g/mol. The summed E-state index contributed by atoms with van der Waals surface area (Å²) in [6.45, 7) is 9.05. The van der Waals surface area contributed by atoms with Gasteiger partial charge in [-0.3, -0.25) is 4.90 Å². The zero-order valence-corrected chi connectivity index (χ0v) is 18.5. The van der Waals surface area contributed by atoms with Gasteiger partial charge in [0.15, 0.2) is 5.82 Å². The normalized spacial score (nSPS) is 14.9. The molecule has 0 spiro atoms. The largest absolute Gasteiger partial charge is 0.379 e. The van der Waals surface area contributed by atoms with Gasteiger partial charge in [0, 0.05) is 43.1 Å². The lowest BCUT2D eigenvalue weighted by Gasteiger charge is -2.25. The fourth-order valence-electron chi connectivity index (χ4n) is 3.70. The SMILES string of the molecule is Cc1sc2nc(CN3CCOCC3)nc(NCc3ccc(-n4cccn4)nc3)c2c1C. The minimum absolute atomic E-state index is 0.643. The van der Waals surface area contributed by atoms with Crippen molar-refractivity contribution < 1.29 is 4.74 Å². The lowest BCUT2D eigenvalue weighted by Crippen LogP contribution is -2.36. The first-order valence-electron chi connectivity index (χ1n) is 10.4. The van der Waals surface area contributed by atoms with Crippen LogP contribution in [-0.4, -0.2) is 55.9 Å². The number of rotatable bonds is 6. The summed E-state index contributed by atoms with van der Waals surface area (Å²) in [6.07, 6.45) is 5.51. The number of ether oxygens (including phenoxy) is 1. The second-order valence-corrected chi connectivity index (χ2v) is 8.87. The molecule has 0 saturated carbocycles. The Morgan fingerprint density at radius 3 is 2.77 bits per heavy atom. The van der Waals surface area contributed by atoms with Crippen LogP contribution in [0.3, 0.4) is 0 Å². The molecule has 160 valence electrons. The van der Waals surface area contributed by atoms with Crippen molar-refractivity contribution in [1.29, 1.82) is 0 Å². The van der Waals surface area contributed by atoms with Crippen LogP contribution in [0.5, 0.6) is 0 Å². The van der Waals surface area contributed by atoms with Gasteiger partial charge in [0.1, 0.15) is 16.5 Å². The van der Waals surface area contributed by atoms with Crippen molar-refractivity contribution in [3.63, 3.8) is 0 Å². The molecule has 4 aromatic rings. The van der Waals surface area contributed by atoms with Crippen molar-refractivity contribution in [2.75, 3.05) is 31.6 Å². The van der Waals surface area contributed by atoms with Gasteiger partial charge >= 0.3 is 0 Å². The summed E-state index contributed by atoms with van der Waals surface area (Å²) in [5.41, 5.74) is 2.33. The highest BCUT2D eigenvalue weighted by Gasteiger charge is 2.17. The topological polar surface area (TPSA) is 81.0 Å². The molecule has 0 amide bonds. The van der Waals surface area contributed by atoms with Crippen molar-refractivity contribution >= 4 is 27.4 Å². The molecule has 1 aliphatic heterocycles. The fourth-order valence-corrected chi connectivity index (χ4v) is 4.75. The van der Waals surface area contributed by atoms with Crippen LogP contribution in [-0.2, 0) is 17.8 Å². The number of anilines is 1. The number of thiophene rings is 1.